The van der Waals surface area contributed by atoms with Gasteiger partial charge in [-0.15, -0.1) is 0 Å². The molecule has 0 saturated carbocycles. The number of halogens is 1. The van der Waals surface area contributed by atoms with Gasteiger partial charge in [0.25, 0.3) is 6.01 Å². The van der Waals surface area contributed by atoms with Gasteiger partial charge in [0.2, 0.25) is 11.8 Å². The quantitative estimate of drug-likeness (QED) is 0.666. The van der Waals surface area contributed by atoms with Gasteiger partial charge in [0.1, 0.15) is 12.1 Å². The minimum atomic E-state index is -0.172. The van der Waals surface area contributed by atoms with Crippen LogP contribution < -0.4 is 10.2 Å². The van der Waals surface area contributed by atoms with E-state index in [1.54, 1.807) is 25.3 Å². The van der Waals surface area contributed by atoms with Gasteiger partial charge in [-0.25, -0.2) is 0 Å². The van der Waals surface area contributed by atoms with Gasteiger partial charge in [-0.05, 0) is 31.0 Å². The number of methoxy groups -OCH3 is 1. The van der Waals surface area contributed by atoms with Crippen molar-refractivity contribution in [1.82, 2.24) is 20.4 Å². The number of hydrogen-bond acceptors (Lipinski definition) is 8. The van der Waals surface area contributed by atoms with Crippen LogP contribution in [0.1, 0.15) is 24.6 Å². The first-order valence-corrected chi connectivity index (χ1v) is 9.39. The highest BCUT2D eigenvalue weighted by atomic mass is 35.5. The average molecular weight is 406 g/mol. The van der Waals surface area contributed by atoms with Gasteiger partial charge in [-0.1, -0.05) is 16.8 Å². The number of nitrogens with one attached hydrogen (secondary N) is 1. The minimum absolute atomic E-state index is 0.0599. The van der Waals surface area contributed by atoms with Crippen molar-refractivity contribution in [1.29, 1.82) is 0 Å². The van der Waals surface area contributed by atoms with E-state index in [2.05, 4.69) is 20.4 Å². The fourth-order valence-electron chi connectivity index (χ4n) is 3.25. The topological polar surface area (TPSA) is 107 Å². The van der Waals surface area contributed by atoms with Crippen molar-refractivity contribution >= 4 is 34.6 Å². The first kappa shape index (κ1) is 18.7. The van der Waals surface area contributed by atoms with Gasteiger partial charge in [-0.3, -0.25) is 4.79 Å². The highest BCUT2D eigenvalue weighted by Crippen LogP contribution is 2.28. The molecule has 0 spiro atoms. The Kier molecular flexibility index (Phi) is 5.45. The smallest absolute Gasteiger partial charge is 0.298 e. The molecule has 1 N–H and O–H groups in total. The average Bonchev–Trinajstić information content (AvgIpc) is 3.33. The van der Waals surface area contributed by atoms with Crippen molar-refractivity contribution in [2.45, 2.75) is 26.0 Å². The standard InChI is InChI=1S/C18H20ClN5O4/c1-26-10-15-22-16(28-23-15)8-20-17(25)11-3-2-6-24(9-11)18-21-13-7-12(19)4-5-14(13)27-18/h4-5,7,11H,2-3,6,8-10H2,1H3,(H,20,25). The summed E-state index contributed by atoms with van der Waals surface area (Å²) in [6.07, 6.45) is 1.67. The molecule has 1 saturated heterocycles. The lowest BCUT2D eigenvalue weighted by molar-refractivity contribution is -0.125. The summed E-state index contributed by atoms with van der Waals surface area (Å²) in [7, 11) is 1.55. The van der Waals surface area contributed by atoms with Crippen LogP contribution in [0.2, 0.25) is 5.02 Å². The molecule has 9 nitrogen and oxygen atoms in total. The predicted molar refractivity (Wildman–Crippen MR) is 101 cm³/mol. The number of amides is 1. The Bertz CT molecular complexity index is 972. The zero-order valence-electron chi connectivity index (χ0n) is 15.4. The Morgan fingerprint density at radius 3 is 3.18 bits per heavy atom. The lowest BCUT2D eigenvalue weighted by Gasteiger charge is -2.30. The zero-order valence-corrected chi connectivity index (χ0v) is 16.1. The van der Waals surface area contributed by atoms with E-state index in [0.717, 1.165) is 19.4 Å². The Balaban J connectivity index is 1.37. The molecule has 2 aromatic heterocycles. The highest BCUT2D eigenvalue weighted by molar-refractivity contribution is 6.31. The van der Waals surface area contributed by atoms with E-state index in [9.17, 15) is 4.79 Å². The van der Waals surface area contributed by atoms with E-state index in [4.69, 9.17) is 25.3 Å². The van der Waals surface area contributed by atoms with E-state index < -0.39 is 0 Å². The number of anilines is 1. The summed E-state index contributed by atoms with van der Waals surface area (Å²) in [5.41, 5.74) is 1.38. The van der Waals surface area contributed by atoms with E-state index in [0.29, 0.717) is 40.4 Å². The number of ether oxygens (including phenoxy) is 1. The predicted octanol–water partition coefficient (Wildman–Crippen LogP) is 2.54. The van der Waals surface area contributed by atoms with Gasteiger partial charge in [0, 0.05) is 25.2 Å². The van der Waals surface area contributed by atoms with Gasteiger partial charge in [0.15, 0.2) is 11.4 Å². The molecule has 1 fully saturated rings. The molecule has 3 heterocycles. The maximum atomic E-state index is 12.6. The SMILES string of the molecule is COCc1noc(CNC(=O)C2CCCN(c3nc4cc(Cl)ccc4o3)C2)n1. The monoisotopic (exact) mass is 405 g/mol. The van der Waals surface area contributed by atoms with Crippen LogP contribution in [0.3, 0.4) is 0 Å². The number of carbonyl (C=O) groups is 1. The number of benzene rings is 1. The number of rotatable bonds is 6. The molecule has 1 aliphatic heterocycles. The third-order valence-corrected chi connectivity index (χ3v) is 4.83. The van der Waals surface area contributed by atoms with E-state index >= 15 is 0 Å². The Morgan fingerprint density at radius 1 is 1.43 bits per heavy atom. The summed E-state index contributed by atoms with van der Waals surface area (Å²) >= 11 is 6.01. The maximum absolute atomic E-state index is 12.6. The number of oxazole rings is 1. The zero-order chi connectivity index (χ0) is 19.5. The fraction of sp³-hybridized carbons (Fsp3) is 0.444. The second-order valence-electron chi connectivity index (χ2n) is 6.65. The molecule has 4 rings (SSSR count). The molecule has 0 radical (unpaired) electrons. The Labute approximate surface area is 166 Å². The molecule has 1 aromatic carbocycles. The minimum Gasteiger partial charge on any atom is -0.423 e. The number of piperidine rings is 1. The first-order chi connectivity index (χ1) is 13.6. The number of nitrogens with zero attached hydrogens (tertiary/aromatic N) is 4. The van der Waals surface area contributed by atoms with Crippen LogP contribution in [0, 0.1) is 5.92 Å². The molecule has 1 amide bonds. The summed E-state index contributed by atoms with van der Waals surface area (Å²) in [6.45, 7) is 1.78. The fourth-order valence-corrected chi connectivity index (χ4v) is 3.41. The van der Waals surface area contributed by atoms with Gasteiger partial charge >= 0.3 is 0 Å². The molecule has 0 aliphatic carbocycles. The third-order valence-electron chi connectivity index (χ3n) is 4.60. The molecular formula is C18H20ClN5O4. The normalized spacial score (nSPS) is 17.2. The third kappa shape index (κ3) is 4.10. The highest BCUT2D eigenvalue weighted by Gasteiger charge is 2.28. The lowest BCUT2D eigenvalue weighted by Crippen LogP contribution is -2.43. The van der Waals surface area contributed by atoms with Crippen molar-refractivity contribution in [2.75, 3.05) is 25.1 Å². The molecule has 10 heteroatoms. The molecule has 1 aliphatic rings. The van der Waals surface area contributed by atoms with Crippen LogP contribution >= 0.6 is 11.6 Å². The van der Waals surface area contributed by atoms with E-state index in [-0.39, 0.29) is 25.0 Å². The summed E-state index contributed by atoms with van der Waals surface area (Å²) in [6, 6.07) is 5.84. The van der Waals surface area contributed by atoms with Crippen molar-refractivity contribution in [2.24, 2.45) is 5.92 Å². The molecular weight excluding hydrogens is 386 g/mol. The van der Waals surface area contributed by atoms with Crippen molar-refractivity contribution in [3.63, 3.8) is 0 Å². The number of carbonyl (C=O) groups excluding carboxylic acids is 1. The first-order valence-electron chi connectivity index (χ1n) is 9.01. The molecule has 0 bridgehead atoms. The van der Waals surface area contributed by atoms with Gasteiger partial charge in [0.05, 0.1) is 12.5 Å². The second-order valence-corrected chi connectivity index (χ2v) is 7.09. The van der Waals surface area contributed by atoms with Crippen molar-refractivity contribution in [3.8, 4) is 0 Å². The van der Waals surface area contributed by atoms with Gasteiger partial charge < -0.3 is 23.9 Å². The van der Waals surface area contributed by atoms with Crippen molar-refractivity contribution in [3.05, 3.63) is 34.9 Å². The van der Waals surface area contributed by atoms with Crippen LogP contribution in [-0.4, -0.2) is 41.2 Å². The van der Waals surface area contributed by atoms with Crippen molar-refractivity contribution < 1.29 is 18.5 Å². The van der Waals surface area contributed by atoms with Crippen LogP contribution in [0.5, 0.6) is 0 Å². The Morgan fingerprint density at radius 2 is 2.32 bits per heavy atom. The molecule has 28 heavy (non-hydrogen) atoms. The largest absolute Gasteiger partial charge is 0.423 e. The molecule has 1 atom stereocenters. The Hall–Kier alpha value is -2.65. The van der Waals surface area contributed by atoms with Crippen LogP contribution in [0.15, 0.2) is 27.1 Å². The van der Waals surface area contributed by atoms with E-state index in [1.165, 1.54) is 0 Å². The molecule has 1 unspecified atom stereocenters. The summed E-state index contributed by atoms with van der Waals surface area (Å²) in [5, 5.41) is 7.24. The van der Waals surface area contributed by atoms with Gasteiger partial charge in [-0.2, -0.15) is 9.97 Å². The number of hydrogen-bond donors (Lipinski definition) is 1. The summed E-state index contributed by atoms with van der Waals surface area (Å²) in [4.78, 5) is 23.2. The molecule has 3 aromatic rings. The van der Waals surface area contributed by atoms with E-state index in [1.807, 2.05) is 4.90 Å². The van der Waals surface area contributed by atoms with Crippen LogP contribution in [0.25, 0.3) is 11.1 Å². The summed E-state index contributed by atoms with van der Waals surface area (Å²) in [5.74, 6) is 0.569. The van der Waals surface area contributed by atoms with Crippen LogP contribution in [0.4, 0.5) is 6.01 Å². The number of aromatic nitrogens is 3. The lowest BCUT2D eigenvalue weighted by atomic mass is 9.97. The second kappa shape index (κ2) is 8.15. The molecule has 148 valence electrons. The number of fused-ring (bicyclic) bond motifs is 1. The maximum Gasteiger partial charge on any atom is 0.298 e. The van der Waals surface area contributed by atoms with Crippen LogP contribution in [-0.2, 0) is 22.7 Å². The summed E-state index contributed by atoms with van der Waals surface area (Å²) < 4.78 is 15.9.